The van der Waals surface area contributed by atoms with Crippen molar-refractivity contribution in [3.05, 3.63) is 47.8 Å². The molecule has 4 rings (SSSR count). The van der Waals surface area contributed by atoms with Gasteiger partial charge in [-0.1, -0.05) is 6.07 Å². The van der Waals surface area contributed by atoms with E-state index in [0.29, 0.717) is 6.04 Å². The average molecular weight is 367 g/mol. The molecule has 0 bridgehead atoms. The molecule has 0 spiro atoms. The molecule has 1 aromatic heterocycles. The molecule has 1 atom stereocenters. The number of nitrogens with zero attached hydrogens (tertiary/aromatic N) is 4. The lowest BCUT2D eigenvalue weighted by atomic mass is 9.88. The maximum atomic E-state index is 5.38. The highest BCUT2D eigenvalue weighted by Gasteiger charge is 2.21. The summed E-state index contributed by atoms with van der Waals surface area (Å²) in [6.45, 7) is 6.30. The van der Waals surface area contributed by atoms with Gasteiger partial charge in [-0.25, -0.2) is 9.97 Å². The van der Waals surface area contributed by atoms with Crippen molar-refractivity contribution in [2.24, 2.45) is 0 Å². The summed E-state index contributed by atoms with van der Waals surface area (Å²) in [7, 11) is 1.74. The lowest BCUT2D eigenvalue weighted by Crippen LogP contribution is -2.49. The number of ether oxygens (including phenoxy) is 1. The smallest absolute Gasteiger partial charge is 0.225 e. The maximum Gasteiger partial charge on any atom is 0.225 e. The molecule has 0 saturated carbocycles. The zero-order valence-corrected chi connectivity index (χ0v) is 16.1. The van der Waals surface area contributed by atoms with E-state index in [9.17, 15) is 0 Å². The Balaban J connectivity index is 1.20. The van der Waals surface area contributed by atoms with Gasteiger partial charge in [-0.05, 0) is 48.6 Å². The Morgan fingerprint density at radius 2 is 1.93 bits per heavy atom. The molecule has 2 heterocycles. The minimum absolute atomic E-state index is 0.573. The van der Waals surface area contributed by atoms with Crippen LogP contribution in [0.1, 0.15) is 17.5 Å². The standard InChI is InChI=1S/C21H29N5O/c1-27-20-6-4-17-3-5-19(15-18(17)16-20)22-9-10-25-11-13-26(14-12-25)21-23-7-2-8-24-21/h2,4,6-8,16,19,22H,3,5,9-15H2,1H3. The Labute approximate surface area is 161 Å². The van der Waals surface area contributed by atoms with E-state index in [1.165, 1.54) is 17.5 Å². The molecule has 0 radical (unpaired) electrons. The first-order chi connectivity index (χ1) is 13.3. The molecular weight excluding hydrogens is 338 g/mol. The molecule has 1 aliphatic heterocycles. The van der Waals surface area contributed by atoms with Crippen LogP contribution in [-0.2, 0) is 12.8 Å². The topological polar surface area (TPSA) is 53.5 Å². The van der Waals surface area contributed by atoms with Gasteiger partial charge < -0.3 is 15.0 Å². The lowest BCUT2D eigenvalue weighted by molar-refractivity contribution is 0.251. The monoisotopic (exact) mass is 367 g/mol. The van der Waals surface area contributed by atoms with Crippen LogP contribution in [0.2, 0.25) is 0 Å². The van der Waals surface area contributed by atoms with Crippen LogP contribution in [0.25, 0.3) is 0 Å². The summed E-state index contributed by atoms with van der Waals surface area (Å²) in [5.74, 6) is 1.82. The highest BCUT2D eigenvalue weighted by atomic mass is 16.5. The molecule has 1 aromatic carbocycles. The first-order valence-electron chi connectivity index (χ1n) is 9.95. The summed E-state index contributed by atoms with van der Waals surface area (Å²) in [5, 5.41) is 3.77. The van der Waals surface area contributed by atoms with Gasteiger partial charge in [0.2, 0.25) is 5.95 Å². The number of benzene rings is 1. The third kappa shape index (κ3) is 4.57. The molecule has 144 valence electrons. The minimum Gasteiger partial charge on any atom is -0.497 e. The number of anilines is 1. The van der Waals surface area contributed by atoms with Gasteiger partial charge in [0.05, 0.1) is 7.11 Å². The Morgan fingerprint density at radius 1 is 1.11 bits per heavy atom. The van der Waals surface area contributed by atoms with Gasteiger partial charge in [-0.3, -0.25) is 4.90 Å². The van der Waals surface area contributed by atoms with Crippen LogP contribution in [-0.4, -0.2) is 67.3 Å². The zero-order chi connectivity index (χ0) is 18.5. The van der Waals surface area contributed by atoms with E-state index >= 15 is 0 Å². The van der Waals surface area contributed by atoms with Gasteiger partial charge >= 0.3 is 0 Å². The number of piperazine rings is 1. The number of rotatable bonds is 6. The second kappa shape index (κ2) is 8.67. The van der Waals surface area contributed by atoms with Gasteiger partial charge in [0, 0.05) is 57.7 Å². The maximum absolute atomic E-state index is 5.38. The highest BCUT2D eigenvalue weighted by Crippen LogP contribution is 2.25. The molecule has 2 aromatic rings. The van der Waals surface area contributed by atoms with Crippen molar-refractivity contribution in [1.29, 1.82) is 0 Å². The van der Waals surface area contributed by atoms with Crippen LogP contribution in [0.4, 0.5) is 5.95 Å². The van der Waals surface area contributed by atoms with Crippen molar-refractivity contribution >= 4 is 5.95 Å². The van der Waals surface area contributed by atoms with Gasteiger partial charge in [0.1, 0.15) is 5.75 Å². The Morgan fingerprint density at radius 3 is 2.70 bits per heavy atom. The summed E-state index contributed by atoms with van der Waals surface area (Å²) >= 11 is 0. The van der Waals surface area contributed by atoms with E-state index in [0.717, 1.165) is 63.8 Å². The summed E-state index contributed by atoms with van der Waals surface area (Å²) < 4.78 is 5.38. The molecular formula is C21H29N5O. The first-order valence-corrected chi connectivity index (χ1v) is 9.95. The fourth-order valence-corrected chi connectivity index (χ4v) is 4.09. The van der Waals surface area contributed by atoms with E-state index in [4.69, 9.17) is 4.74 Å². The highest BCUT2D eigenvalue weighted by molar-refractivity contribution is 5.38. The van der Waals surface area contributed by atoms with Crippen molar-refractivity contribution in [3.63, 3.8) is 0 Å². The SMILES string of the molecule is COc1ccc2c(c1)CC(NCCN1CCN(c3ncccn3)CC1)CC2. The normalized spacial score (nSPS) is 20.3. The number of aryl methyl sites for hydroxylation is 1. The van der Waals surface area contributed by atoms with Gasteiger partial charge in [0.15, 0.2) is 0 Å². The second-order valence-corrected chi connectivity index (χ2v) is 7.41. The van der Waals surface area contributed by atoms with E-state index in [-0.39, 0.29) is 0 Å². The van der Waals surface area contributed by atoms with Crippen LogP contribution in [0.5, 0.6) is 5.75 Å². The average Bonchev–Trinajstić information content (AvgIpc) is 2.74. The van der Waals surface area contributed by atoms with Crippen LogP contribution < -0.4 is 15.0 Å². The Hall–Kier alpha value is -2.18. The predicted octanol–water partition coefficient (Wildman–Crippen LogP) is 1.75. The Bertz CT molecular complexity index is 731. The largest absolute Gasteiger partial charge is 0.497 e. The summed E-state index contributed by atoms with van der Waals surface area (Å²) in [5.41, 5.74) is 2.92. The minimum atomic E-state index is 0.573. The molecule has 1 saturated heterocycles. The molecule has 0 amide bonds. The fourth-order valence-electron chi connectivity index (χ4n) is 4.09. The van der Waals surface area contributed by atoms with Crippen LogP contribution >= 0.6 is 0 Å². The molecule has 1 N–H and O–H groups in total. The van der Waals surface area contributed by atoms with E-state index in [1.54, 1.807) is 7.11 Å². The van der Waals surface area contributed by atoms with Gasteiger partial charge in [-0.15, -0.1) is 0 Å². The van der Waals surface area contributed by atoms with E-state index in [1.807, 2.05) is 18.5 Å². The van der Waals surface area contributed by atoms with Crippen molar-refractivity contribution in [1.82, 2.24) is 20.2 Å². The molecule has 1 unspecified atom stereocenters. The number of hydrogen-bond acceptors (Lipinski definition) is 6. The van der Waals surface area contributed by atoms with Crippen LogP contribution in [0, 0.1) is 0 Å². The van der Waals surface area contributed by atoms with Gasteiger partial charge in [-0.2, -0.15) is 0 Å². The van der Waals surface area contributed by atoms with E-state index < -0.39 is 0 Å². The summed E-state index contributed by atoms with van der Waals surface area (Å²) in [6.07, 6.45) is 7.12. The molecule has 6 heteroatoms. The fraction of sp³-hybridized carbons (Fsp3) is 0.524. The molecule has 27 heavy (non-hydrogen) atoms. The van der Waals surface area contributed by atoms with Crippen molar-refractivity contribution in [3.8, 4) is 5.75 Å². The molecule has 1 fully saturated rings. The number of fused-ring (bicyclic) bond motifs is 1. The van der Waals surface area contributed by atoms with E-state index in [2.05, 4.69) is 43.3 Å². The quantitative estimate of drug-likeness (QED) is 0.840. The number of hydrogen-bond donors (Lipinski definition) is 1. The molecule has 1 aliphatic carbocycles. The van der Waals surface area contributed by atoms with Gasteiger partial charge in [0.25, 0.3) is 0 Å². The van der Waals surface area contributed by atoms with Crippen LogP contribution in [0.3, 0.4) is 0 Å². The van der Waals surface area contributed by atoms with Crippen molar-refractivity contribution in [2.75, 3.05) is 51.3 Å². The Kier molecular flexibility index (Phi) is 5.84. The molecule has 6 nitrogen and oxygen atoms in total. The zero-order valence-electron chi connectivity index (χ0n) is 16.1. The lowest BCUT2D eigenvalue weighted by Gasteiger charge is -2.35. The predicted molar refractivity (Wildman–Crippen MR) is 107 cm³/mol. The van der Waals surface area contributed by atoms with Crippen LogP contribution in [0.15, 0.2) is 36.7 Å². The number of methoxy groups -OCH3 is 1. The summed E-state index contributed by atoms with van der Waals surface area (Å²) in [6, 6.07) is 8.94. The second-order valence-electron chi connectivity index (χ2n) is 7.41. The van der Waals surface area contributed by atoms with Crippen molar-refractivity contribution in [2.45, 2.75) is 25.3 Å². The summed E-state index contributed by atoms with van der Waals surface area (Å²) in [4.78, 5) is 13.5. The first kappa shape index (κ1) is 18.2. The van der Waals surface area contributed by atoms with Crippen molar-refractivity contribution < 1.29 is 4.74 Å². The molecule has 2 aliphatic rings. The number of nitrogens with one attached hydrogen (secondary N) is 1. The third-order valence-electron chi connectivity index (χ3n) is 5.71. The third-order valence-corrected chi connectivity index (χ3v) is 5.71. The number of aromatic nitrogens is 2.